The third kappa shape index (κ3) is 1.50. The first-order valence-corrected chi connectivity index (χ1v) is 3.76. The molecule has 1 aliphatic rings. The molecule has 0 aromatic carbocycles. The highest BCUT2D eigenvalue weighted by Crippen LogP contribution is 1.99. The van der Waals surface area contributed by atoms with E-state index in [-0.39, 0.29) is 23.9 Å². The highest BCUT2D eigenvalue weighted by molar-refractivity contribution is 5.96. The zero-order valence-corrected chi connectivity index (χ0v) is 6.68. The maximum Gasteiger partial charge on any atom is 0.243 e. The van der Waals surface area contributed by atoms with E-state index in [1.807, 2.05) is 6.92 Å². The fraction of sp³-hybridized carbons (Fsp3) is 0.714. The first-order valence-electron chi connectivity index (χ1n) is 3.76. The lowest BCUT2D eigenvalue weighted by Crippen LogP contribution is -2.60. The normalized spacial score (nSPS) is 31.1. The number of piperazine rings is 1. The van der Waals surface area contributed by atoms with E-state index in [2.05, 4.69) is 10.6 Å². The van der Waals surface area contributed by atoms with Gasteiger partial charge in [0.2, 0.25) is 11.8 Å². The van der Waals surface area contributed by atoms with Gasteiger partial charge in [0.05, 0.1) is 0 Å². The third-order valence-corrected chi connectivity index (χ3v) is 1.79. The number of carbonyl (C=O) groups excluding carboxylic acids is 2. The third-order valence-electron chi connectivity index (χ3n) is 1.79. The molecular formula is C7H12N2O2. The lowest BCUT2D eigenvalue weighted by Gasteiger charge is -2.26. The van der Waals surface area contributed by atoms with Crippen molar-refractivity contribution in [1.29, 1.82) is 0 Å². The summed E-state index contributed by atoms with van der Waals surface area (Å²) in [5, 5.41) is 5.19. The van der Waals surface area contributed by atoms with Crippen molar-refractivity contribution in [3.8, 4) is 0 Å². The molecule has 2 atom stereocenters. The largest absolute Gasteiger partial charge is 0.343 e. The first-order chi connectivity index (χ1) is 5.15. The van der Waals surface area contributed by atoms with Gasteiger partial charge in [-0.1, -0.05) is 6.92 Å². The standard InChI is InChI=1S/C7H12N2O2/c1-3-5-7(11)8-4(2)6(10)9-5/h4-5H,3H2,1-2H3,(H,8,11)(H,9,10)/t4-,5-/m1/s1. The van der Waals surface area contributed by atoms with Crippen LogP contribution in [0, 0.1) is 0 Å². The number of carbonyl (C=O) groups is 2. The molecule has 0 radical (unpaired) electrons. The Morgan fingerprint density at radius 3 is 2.45 bits per heavy atom. The molecule has 0 unspecified atom stereocenters. The highest BCUT2D eigenvalue weighted by Gasteiger charge is 2.29. The Labute approximate surface area is 65.3 Å². The van der Waals surface area contributed by atoms with Crippen LogP contribution in [0.2, 0.25) is 0 Å². The van der Waals surface area contributed by atoms with Crippen molar-refractivity contribution in [3.05, 3.63) is 0 Å². The molecule has 1 rings (SSSR count). The smallest absolute Gasteiger partial charge is 0.243 e. The van der Waals surface area contributed by atoms with Crippen LogP contribution < -0.4 is 10.6 Å². The molecule has 4 heteroatoms. The molecule has 1 aliphatic heterocycles. The second kappa shape index (κ2) is 2.90. The molecule has 1 fully saturated rings. The van der Waals surface area contributed by atoms with Gasteiger partial charge in [-0.05, 0) is 13.3 Å². The second-order valence-corrected chi connectivity index (χ2v) is 2.70. The van der Waals surface area contributed by atoms with E-state index in [1.54, 1.807) is 6.92 Å². The molecule has 0 aromatic rings. The summed E-state index contributed by atoms with van der Waals surface area (Å²) in [5.41, 5.74) is 0. The lowest BCUT2D eigenvalue weighted by molar-refractivity contribution is -0.136. The van der Waals surface area contributed by atoms with Crippen LogP contribution in [-0.2, 0) is 9.59 Å². The first kappa shape index (κ1) is 8.04. The average Bonchev–Trinajstić information content (AvgIpc) is 1.97. The second-order valence-electron chi connectivity index (χ2n) is 2.70. The molecule has 62 valence electrons. The molecule has 0 aromatic heterocycles. The van der Waals surface area contributed by atoms with Crippen molar-refractivity contribution in [1.82, 2.24) is 10.6 Å². The Morgan fingerprint density at radius 1 is 1.27 bits per heavy atom. The van der Waals surface area contributed by atoms with Gasteiger partial charge in [-0.2, -0.15) is 0 Å². The molecule has 2 amide bonds. The van der Waals surface area contributed by atoms with Gasteiger partial charge in [0.25, 0.3) is 0 Å². The topological polar surface area (TPSA) is 58.2 Å². The summed E-state index contributed by atoms with van der Waals surface area (Å²) < 4.78 is 0. The predicted molar refractivity (Wildman–Crippen MR) is 39.8 cm³/mol. The van der Waals surface area contributed by atoms with E-state index in [4.69, 9.17) is 0 Å². The summed E-state index contributed by atoms with van der Waals surface area (Å²) in [4.78, 5) is 22.0. The Morgan fingerprint density at radius 2 is 1.91 bits per heavy atom. The summed E-state index contributed by atoms with van der Waals surface area (Å²) in [6.45, 7) is 3.53. The highest BCUT2D eigenvalue weighted by atomic mass is 16.2. The minimum absolute atomic E-state index is 0.0837. The molecule has 0 bridgehead atoms. The molecule has 11 heavy (non-hydrogen) atoms. The summed E-state index contributed by atoms with van der Waals surface area (Å²) in [5.74, 6) is -0.184. The van der Waals surface area contributed by atoms with E-state index in [0.29, 0.717) is 6.42 Å². The van der Waals surface area contributed by atoms with E-state index in [0.717, 1.165) is 0 Å². The minimum atomic E-state index is -0.384. The van der Waals surface area contributed by atoms with Crippen LogP contribution in [0.15, 0.2) is 0 Å². The molecule has 1 saturated heterocycles. The Kier molecular flexibility index (Phi) is 2.12. The number of nitrogens with one attached hydrogen (secondary N) is 2. The molecule has 1 heterocycles. The number of rotatable bonds is 1. The molecule has 2 N–H and O–H groups in total. The molecule has 0 saturated carbocycles. The number of hydrogen-bond donors (Lipinski definition) is 2. The van der Waals surface area contributed by atoms with Gasteiger partial charge in [0.1, 0.15) is 12.1 Å². The van der Waals surface area contributed by atoms with Crippen LogP contribution in [0.4, 0.5) is 0 Å². The molecule has 0 aliphatic carbocycles. The van der Waals surface area contributed by atoms with Gasteiger partial charge in [-0.15, -0.1) is 0 Å². The van der Waals surface area contributed by atoms with Gasteiger partial charge in [-0.3, -0.25) is 9.59 Å². The number of amides is 2. The molecule has 4 nitrogen and oxygen atoms in total. The summed E-state index contributed by atoms with van der Waals surface area (Å²) >= 11 is 0. The van der Waals surface area contributed by atoms with E-state index >= 15 is 0 Å². The van der Waals surface area contributed by atoms with Crippen molar-refractivity contribution < 1.29 is 9.59 Å². The number of hydrogen-bond acceptors (Lipinski definition) is 2. The van der Waals surface area contributed by atoms with Crippen molar-refractivity contribution in [3.63, 3.8) is 0 Å². The van der Waals surface area contributed by atoms with Gasteiger partial charge in [-0.25, -0.2) is 0 Å². The van der Waals surface area contributed by atoms with Gasteiger partial charge < -0.3 is 10.6 Å². The average molecular weight is 156 g/mol. The lowest BCUT2D eigenvalue weighted by atomic mass is 10.1. The van der Waals surface area contributed by atoms with Crippen LogP contribution in [0.5, 0.6) is 0 Å². The fourth-order valence-electron chi connectivity index (χ4n) is 1.03. The SMILES string of the molecule is CC[C@H]1NC(=O)[C@@H](C)NC1=O. The maximum absolute atomic E-state index is 11.1. The van der Waals surface area contributed by atoms with E-state index in [1.165, 1.54) is 0 Å². The van der Waals surface area contributed by atoms with Crippen molar-refractivity contribution in [2.45, 2.75) is 32.4 Å². The summed E-state index contributed by atoms with van der Waals surface area (Å²) in [6, 6.07) is -0.719. The van der Waals surface area contributed by atoms with Crippen molar-refractivity contribution in [2.75, 3.05) is 0 Å². The van der Waals surface area contributed by atoms with Crippen molar-refractivity contribution in [2.24, 2.45) is 0 Å². The van der Waals surface area contributed by atoms with Crippen LogP contribution in [0.1, 0.15) is 20.3 Å². The Hall–Kier alpha value is -1.06. The van der Waals surface area contributed by atoms with Gasteiger partial charge >= 0.3 is 0 Å². The van der Waals surface area contributed by atoms with Gasteiger partial charge in [0, 0.05) is 0 Å². The Balaban J connectivity index is 2.62. The van der Waals surface area contributed by atoms with Crippen LogP contribution in [0.25, 0.3) is 0 Å². The quantitative estimate of drug-likeness (QED) is 0.532. The zero-order valence-electron chi connectivity index (χ0n) is 6.68. The van der Waals surface area contributed by atoms with Crippen LogP contribution in [0.3, 0.4) is 0 Å². The fourth-order valence-corrected chi connectivity index (χ4v) is 1.03. The van der Waals surface area contributed by atoms with E-state index in [9.17, 15) is 9.59 Å². The zero-order chi connectivity index (χ0) is 8.43. The predicted octanol–water partition coefficient (Wildman–Crippen LogP) is -0.601. The molecule has 0 spiro atoms. The summed E-state index contributed by atoms with van der Waals surface area (Å²) in [7, 11) is 0. The maximum atomic E-state index is 11.1. The van der Waals surface area contributed by atoms with Crippen LogP contribution in [-0.4, -0.2) is 23.9 Å². The Bertz CT molecular complexity index is 191. The molecular weight excluding hydrogens is 144 g/mol. The van der Waals surface area contributed by atoms with Crippen molar-refractivity contribution >= 4 is 11.8 Å². The van der Waals surface area contributed by atoms with Crippen LogP contribution >= 0.6 is 0 Å². The monoisotopic (exact) mass is 156 g/mol. The summed E-state index contributed by atoms with van der Waals surface area (Å²) in [6.07, 6.45) is 0.643. The minimum Gasteiger partial charge on any atom is -0.343 e. The van der Waals surface area contributed by atoms with Gasteiger partial charge in [0.15, 0.2) is 0 Å². The van der Waals surface area contributed by atoms with E-state index < -0.39 is 0 Å².